The van der Waals surface area contributed by atoms with E-state index in [0.29, 0.717) is 0 Å². The van der Waals surface area contributed by atoms with Gasteiger partial charge in [-0.25, -0.2) is 4.98 Å². The number of aryl methyl sites for hydroxylation is 2. The lowest BCUT2D eigenvalue weighted by atomic mass is 10.1. The Morgan fingerprint density at radius 3 is 3.05 bits per heavy atom. The van der Waals surface area contributed by atoms with Crippen molar-refractivity contribution in [2.75, 3.05) is 6.54 Å². The SMILES string of the molecule is CCNCc1nccn1Cc1ccc2c(c1)CCC2. The number of hydrogen-bond donors (Lipinski definition) is 1. The summed E-state index contributed by atoms with van der Waals surface area (Å²) in [5, 5.41) is 3.34. The van der Waals surface area contributed by atoms with Crippen molar-refractivity contribution in [1.82, 2.24) is 14.9 Å². The standard InChI is InChI=1S/C16H21N3/c1-2-17-11-16-18-8-9-19(16)12-13-6-7-14-4-3-5-15(14)10-13/h6-10,17H,2-5,11-12H2,1H3. The zero-order chi connectivity index (χ0) is 13.1. The molecule has 1 N–H and O–H groups in total. The molecule has 19 heavy (non-hydrogen) atoms. The first kappa shape index (κ1) is 12.4. The van der Waals surface area contributed by atoms with Crippen molar-refractivity contribution in [2.45, 2.75) is 39.3 Å². The van der Waals surface area contributed by atoms with Crippen LogP contribution in [0.4, 0.5) is 0 Å². The fourth-order valence-electron chi connectivity index (χ4n) is 2.81. The van der Waals surface area contributed by atoms with E-state index >= 15 is 0 Å². The van der Waals surface area contributed by atoms with Crippen molar-refractivity contribution in [3.8, 4) is 0 Å². The molecule has 1 aliphatic rings. The molecule has 0 saturated heterocycles. The first-order valence-electron chi connectivity index (χ1n) is 7.18. The van der Waals surface area contributed by atoms with Crippen molar-refractivity contribution in [1.29, 1.82) is 0 Å². The number of nitrogens with one attached hydrogen (secondary N) is 1. The van der Waals surface area contributed by atoms with Gasteiger partial charge in [-0.1, -0.05) is 25.1 Å². The van der Waals surface area contributed by atoms with Gasteiger partial charge in [-0.2, -0.15) is 0 Å². The number of rotatable bonds is 5. The number of benzene rings is 1. The Morgan fingerprint density at radius 1 is 1.26 bits per heavy atom. The van der Waals surface area contributed by atoms with Crippen LogP contribution in [0.1, 0.15) is 35.9 Å². The molecule has 0 unspecified atom stereocenters. The second-order valence-corrected chi connectivity index (χ2v) is 5.21. The molecule has 0 atom stereocenters. The topological polar surface area (TPSA) is 29.9 Å². The summed E-state index contributed by atoms with van der Waals surface area (Å²) >= 11 is 0. The lowest BCUT2D eigenvalue weighted by molar-refractivity contribution is 0.639. The van der Waals surface area contributed by atoms with E-state index in [1.807, 2.05) is 6.20 Å². The summed E-state index contributed by atoms with van der Waals surface area (Å²) in [5.41, 5.74) is 4.48. The van der Waals surface area contributed by atoms with Gasteiger partial charge in [-0.3, -0.25) is 0 Å². The van der Waals surface area contributed by atoms with E-state index in [1.54, 1.807) is 11.1 Å². The molecule has 1 heterocycles. The molecule has 0 aliphatic heterocycles. The third-order valence-electron chi connectivity index (χ3n) is 3.85. The molecule has 0 amide bonds. The maximum Gasteiger partial charge on any atom is 0.122 e. The Hall–Kier alpha value is -1.61. The normalized spacial score (nSPS) is 13.7. The molecule has 2 aromatic rings. The number of fused-ring (bicyclic) bond motifs is 1. The minimum Gasteiger partial charge on any atom is -0.329 e. The summed E-state index contributed by atoms with van der Waals surface area (Å²) in [6, 6.07) is 6.94. The van der Waals surface area contributed by atoms with Gasteiger partial charge in [0.15, 0.2) is 0 Å². The molecule has 0 saturated carbocycles. The Balaban J connectivity index is 1.76. The quantitative estimate of drug-likeness (QED) is 0.889. The largest absolute Gasteiger partial charge is 0.329 e. The van der Waals surface area contributed by atoms with Gasteiger partial charge in [0.25, 0.3) is 0 Å². The predicted octanol–water partition coefficient (Wildman–Crippen LogP) is 2.53. The van der Waals surface area contributed by atoms with Crippen molar-refractivity contribution >= 4 is 0 Å². The summed E-state index contributed by atoms with van der Waals surface area (Å²) < 4.78 is 2.24. The van der Waals surface area contributed by atoms with E-state index in [0.717, 1.165) is 25.5 Å². The van der Waals surface area contributed by atoms with Crippen LogP contribution < -0.4 is 5.32 Å². The summed E-state index contributed by atoms with van der Waals surface area (Å²) in [4.78, 5) is 4.42. The van der Waals surface area contributed by atoms with E-state index in [9.17, 15) is 0 Å². The van der Waals surface area contributed by atoms with Gasteiger partial charge in [0.1, 0.15) is 5.82 Å². The third-order valence-corrected chi connectivity index (χ3v) is 3.85. The molecule has 3 rings (SSSR count). The number of aromatic nitrogens is 2. The summed E-state index contributed by atoms with van der Waals surface area (Å²) in [7, 11) is 0. The predicted molar refractivity (Wildman–Crippen MR) is 77.2 cm³/mol. The van der Waals surface area contributed by atoms with Crippen LogP contribution in [0.2, 0.25) is 0 Å². The molecule has 100 valence electrons. The van der Waals surface area contributed by atoms with Crippen LogP contribution in [0.3, 0.4) is 0 Å². The average Bonchev–Trinajstić information content (AvgIpc) is 3.05. The maximum atomic E-state index is 4.42. The van der Waals surface area contributed by atoms with Crippen LogP contribution in [-0.2, 0) is 25.9 Å². The highest BCUT2D eigenvalue weighted by Crippen LogP contribution is 2.23. The minimum atomic E-state index is 0.842. The van der Waals surface area contributed by atoms with Crippen molar-refractivity contribution < 1.29 is 0 Å². The van der Waals surface area contributed by atoms with Crippen molar-refractivity contribution in [2.24, 2.45) is 0 Å². The number of nitrogens with zero attached hydrogens (tertiary/aromatic N) is 2. The van der Waals surface area contributed by atoms with E-state index in [4.69, 9.17) is 0 Å². The molecule has 0 spiro atoms. The minimum absolute atomic E-state index is 0.842. The molecule has 3 heteroatoms. The fourth-order valence-corrected chi connectivity index (χ4v) is 2.81. The van der Waals surface area contributed by atoms with Gasteiger partial charge in [0, 0.05) is 18.9 Å². The van der Waals surface area contributed by atoms with E-state index in [2.05, 4.69) is 46.2 Å². The molecule has 0 fully saturated rings. The Morgan fingerprint density at radius 2 is 2.16 bits per heavy atom. The highest BCUT2D eigenvalue weighted by molar-refractivity contribution is 5.35. The van der Waals surface area contributed by atoms with Gasteiger partial charge < -0.3 is 9.88 Å². The molecular formula is C16H21N3. The van der Waals surface area contributed by atoms with Gasteiger partial charge in [-0.15, -0.1) is 0 Å². The van der Waals surface area contributed by atoms with Crippen LogP contribution in [0.5, 0.6) is 0 Å². The molecular weight excluding hydrogens is 234 g/mol. The summed E-state index contributed by atoms with van der Waals surface area (Å²) in [5.74, 6) is 1.11. The highest BCUT2D eigenvalue weighted by atomic mass is 15.1. The molecule has 1 aliphatic carbocycles. The maximum absolute atomic E-state index is 4.42. The molecule has 0 bridgehead atoms. The molecule has 1 aromatic carbocycles. The third kappa shape index (κ3) is 2.71. The highest BCUT2D eigenvalue weighted by Gasteiger charge is 2.11. The Kier molecular flexibility index (Phi) is 3.65. The first-order valence-corrected chi connectivity index (χ1v) is 7.18. The second kappa shape index (κ2) is 5.57. The molecule has 1 aromatic heterocycles. The fraction of sp³-hybridized carbons (Fsp3) is 0.438. The zero-order valence-electron chi connectivity index (χ0n) is 11.5. The van der Waals surface area contributed by atoms with Crippen molar-refractivity contribution in [3.05, 3.63) is 53.1 Å². The van der Waals surface area contributed by atoms with E-state index < -0.39 is 0 Å². The second-order valence-electron chi connectivity index (χ2n) is 5.21. The number of hydrogen-bond acceptors (Lipinski definition) is 2. The summed E-state index contributed by atoms with van der Waals surface area (Å²) in [6.07, 6.45) is 7.78. The van der Waals surface area contributed by atoms with Gasteiger partial charge in [-0.05, 0) is 42.5 Å². The molecule has 3 nitrogen and oxygen atoms in total. The first-order chi connectivity index (χ1) is 9.36. The monoisotopic (exact) mass is 255 g/mol. The lowest BCUT2D eigenvalue weighted by Gasteiger charge is -2.10. The van der Waals surface area contributed by atoms with E-state index in [1.165, 1.54) is 24.8 Å². The van der Waals surface area contributed by atoms with Crippen LogP contribution in [0, 0.1) is 0 Å². The van der Waals surface area contributed by atoms with Crippen molar-refractivity contribution in [3.63, 3.8) is 0 Å². The average molecular weight is 255 g/mol. The van der Waals surface area contributed by atoms with Crippen LogP contribution in [0.15, 0.2) is 30.6 Å². The van der Waals surface area contributed by atoms with Gasteiger partial charge >= 0.3 is 0 Å². The van der Waals surface area contributed by atoms with E-state index in [-0.39, 0.29) is 0 Å². The smallest absolute Gasteiger partial charge is 0.122 e. The number of imidazole rings is 1. The van der Waals surface area contributed by atoms with Gasteiger partial charge in [0.2, 0.25) is 0 Å². The molecule has 0 radical (unpaired) electrons. The summed E-state index contributed by atoms with van der Waals surface area (Å²) in [6.45, 7) is 4.86. The van der Waals surface area contributed by atoms with Gasteiger partial charge in [0.05, 0.1) is 6.54 Å². The Bertz CT molecular complexity index is 557. The Labute approximate surface area is 114 Å². The lowest BCUT2D eigenvalue weighted by Crippen LogP contribution is -2.16. The van der Waals surface area contributed by atoms with Crippen LogP contribution >= 0.6 is 0 Å². The van der Waals surface area contributed by atoms with Crippen LogP contribution in [-0.4, -0.2) is 16.1 Å². The van der Waals surface area contributed by atoms with Crippen LogP contribution in [0.25, 0.3) is 0 Å². The zero-order valence-corrected chi connectivity index (χ0v) is 11.5.